The highest BCUT2D eigenvalue weighted by Crippen LogP contribution is 2.24. The van der Waals surface area contributed by atoms with E-state index in [9.17, 15) is 4.79 Å². The number of hydrogen-bond acceptors (Lipinski definition) is 4. The maximum atomic E-state index is 13.1. The SMILES string of the molecule is CCC(NC(=O)c1cnn2c(-c3cn(CC)nc3C)ccnc12)c1ccc(C)cc1. The number of fused-ring (bicyclic) bond motifs is 1. The van der Waals surface area contributed by atoms with Crippen LogP contribution in [0.4, 0.5) is 0 Å². The Hall–Kier alpha value is -3.48. The van der Waals surface area contributed by atoms with E-state index in [2.05, 4.69) is 58.6 Å². The topological polar surface area (TPSA) is 77.1 Å². The van der Waals surface area contributed by atoms with Crippen molar-refractivity contribution >= 4 is 11.6 Å². The summed E-state index contributed by atoms with van der Waals surface area (Å²) < 4.78 is 3.60. The molecule has 1 N–H and O–H groups in total. The number of amides is 1. The predicted molar refractivity (Wildman–Crippen MR) is 116 cm³/mol. The standard InChI is InChI=1S/C23H26N6O/c1-5-20(17-9-7-15(3)8-10-17)26-23(30)18-13-25-29-21(11-12-24-22(18)29)19-14-28(6-2)27-16(19)4/h7-14,20H,5-6H2,1-4H3,(H,26,30). The molecular formula is C23H26N6O. The summed E-state index contributed by atoms with van der Waals surface area (Å²) in [5, 5.41) is 12.1. The Morgan fingerprint density at radius 1 is 1.13 bits per heavy atom. The first-order valence-electron chi connectivity index (χ1n) is 10.3. The van der Waals surface area contributed by atoms with Crippen LogP contribution in [0.5, 0.6) is 0 Å². The molecule has 1 unspecified atom stereocenters. The molecule has 7 nitrogen and oxygen atoms in total. The largest absolute Gasteiger partial charge is 0.345 e. The zero-order valence-electron chi connectivity index (χ0n) is 17.8. The van der Waals surface area contributed by atoms with Crippen molar-refractivity contribution in [1.82, 2.24) is 29.7 Å². The highest BCUT2D eigenvalue weighted by Gasteiger charge is 2.20. The molecule has 4 rings (SSSR count). The second kappa shape index (κ2) is 8.10. The summed E-state index contributed by atoms with van der Waals surface area (Å²) in [6.07, 6.45) is 6.09. The molecule has 0 saturated heterocycles. The van der Waals surface area contributed by atoms with Gasteiger partial charge in [-0.25, -0.2) is 9.50 Å². The average Bonchev–Trinajstić information content (AvgIpc) is 3.36. The molecule has 0 aliphatic heterocycles. The summed E-state index contributed by atoms with van der Waals surface area (Å²) in [4.78, 5) is 17.5. The molecule has 1 atom stereocenters. The van der Waals surface area contributed by atoms with Gasteiger partial charge in [-0.1, -0.05) is 36.8 Å². The second-order valence-electron chi connectivity index (χ2n) is 7.45. The minimum atomic E-state index is -0.178. The highest BCUT2D eigenvalue weighted by atomic mass is 16.1. The molecule has 0 aliphatic carbocycles. The molecule has 30 heavy (non-hydrogen) atoms. The highest BCUT2D eigenvalue weighted by molar-refractivity contribution is 6.00. The van der Waals surface area contributed by atoms with E-state index in [4.69, 9.17) is 0 Å². The minimum absolute atomic E-state index is 0.0683. The lowest BCUT2D eigenvalue weighted by molar-refractivity contribution is 0.0937. The molecule has 0 spiro atoms. The van der Waals surface area contributed by atoms with Crippen molar-refractivity contribution in [2.45, 2.75) is 46.7 Å². The van der Waals surface area contributed by atoms with Gasteiger partial charge in [-0.05, 0) is 38.8 Å². The molecule has 0 bridgehead atoms. The van der Waals surface area contributed by atoms with Gasteiger partial charge < -0.3 is 5.32 Å². The van der Waals surface area contributed by atoms with Crippen molar-refractivity contribution in [3.63, 3.8) is 0 Å². The number of nitrogens with one attached hydrogen (secondary N) is 1. The molecule has 3 heterocycles. The summed E-state index contributed by atoms with van der Waals surface area (Å²) in [5.41, 5.74) is 6.03. The van der Waals surface area contributed by atoms with E-state index in [1.54, 1.807) is 16.9 Å². The fourth-order valence-corrected chi connectivity index (χ4v) is 3.64. The van der Waals surface area contributed by atoms with E-state index in [0.717, 1.165) is 35.5 Å². The van der Waals surface area contributed by atoms with Gasteiger partial charge in [-0.3, -0.25) is 9.48 Å². The second-order valence-corrected chi connectivity index (χ2v) is 7.45. The molecular weight excluding hydrogens is 376 g/mol. The third kappa shape index (κ3) is 3.58. The average molecular weight is 403 g/mol. The van der Waals surface area contributed by atoms with Crippen LogP contribution in [0.25, 0.3) is 16.9 Å². The summed E-state index contributed by atoms with van der Waals surface area (Å²) in [5.74, 6) is -0.178. The van der Waals surface area contributed by atoms with Gasteiger partial charge in [0.25, 0.3) is 5.91 Å². The number of rotatable bonds is 6. The molecule has 3 aromatic heterocycles. The molecule has 1 aromatic carbocycles. The molecule has 4 aromatic rings. The Balaban J connectivity index is 1.67. The molecule has 0 fully saturated rings. The fraction of sp³-hybridized carbons (Fsp3) is 0.304. The first kappa shape index (κ1) is 19.8. The van der Waals surface area contributed by atoms with E-state index in [1.165, 1.54) is 5.56 Å². The molecule has 0 aliphatic rings. The lowest BCUT2D eigenvalue weighted by Crippen LogP contribution is -2.28. The van der Waals surface area contributed by atoms with Crippen LogP contribution in [0, 0.1) is 13.8 Å². The number of nitrogens with zero attached hydrogens (tertiary/aromatic N) is 5. The third-order valence-electron chi connectivity index (χ3n) is 5.39. The Bertz CT molecular complexity index is 1190. The Kier molecular flexibility index (Phi) is 5.35. The van der Waals surface area contributed by atoms with E-state index >= 15 is 0 Å². The summed E-state index contributed by atoms with van der Waals surface area (Å²) >= 11 is 0. The Labute approximate surface area is 175 Å². The van der Waals surface area contributed by atoms with Crippen LogP contribution in [0.1, 0.15) is 53.5 Å². The number of carbonyl (C=O) groups is 1. The quantitative estimate of drug-likeness (QED) is 0.526. The van der Waals surface area contributed by atoms with Crippen molar-refractivity contribution in [2.75, 3.05) is 0 Å². The Morgan fingerprint density at radius 3 is 2.57 bits per heavy atom. The Morgan fingerprint density at radius 2 is 1.90 bits per heavy atom. The lowest BCUT2D eigenvalue weighted by Gasteiger charge is -2.17. The van der Waals surface area contributed by atoms with Crippen LogP contribution < -0.4 is 5.32 Å². The monoisotopic (exact) mass is 402 g/mol. The predicted octanol–water partition coefficient (Wildman–Crippen LogP) is 4.11. The van der Waals surface area contributed by atoms with Gasteiger partial charge in [0.1, 0.15) is 5.56 Å². The van der Waals surface area contributed by atoms with Crippen LogP contribution in [0.15, 0.2) is 48.9 Å². The number of carbonyl (C=O) groups excluding carboxylic acids is 1. The first-order valence-corrected chi connectivity index (χ1v) is 10.3. The summed E-state index contributed by atoms with van der Waals surface area (Å²) in [6, 6.07) is 10.1. The van der Waals surface area contributed by atoms with Crippen molar-refractivity contribution < 1.29 is 4.79 Å². The van der Waals surface area contributed by atoms with E-state index < -0.39 is 0 Å². The van der Waals surface area contributed by atoms with Gasteiger partial charge in [0.15, 0.2) is 5.65 Å². The zero-order valence-corrected chi connectivity index (χ0v) is 17.8. The van der Waals surface area contributed by atoms with Gasteiger partial charge in [-0.15, -0.1) is 0 Å². The number of aryl methyl sites for hydroxylation is 3. The van der Waals surface area contributed by atoms with E-state index in [0.29, 0.717) is 11.2 Å². The third-order valence-corrected chi connectivity index (χ3v) is 5.39. The van der Waals surface area contributed by atoms with Crippen molar-refractivity contribution in [1.29, 1.82) is 0 Å². The van der Waals surface area contributed by atoms with Gasteiger partial charge in [0.2, 0.25) is 0 Å². The van der Waals surface area contributed by atoms with Crippen LogP contribution >= 0.6 is 0 Å². The fourth-order valence-electron chi connectivity index (χ4n) is 3.64. The molecule has 7 heteroatoms. The maximum Gasteiger partial charge on any atom is 0.257 e. The van der Waals surface area contributed by atoms with Gasteiger partial charge in [-0.2, -0.15) is 10.2 Å². The maximum absolute atomic E-state index is 13.1. The number of benzene rings is 1. The van der Waals surface area contributed by atoms with Crippen LogP contribution in [0.2, 0.25) is 0 Å². The van der Waals surface area contributed by atoms with Crippen molar-refractivity contribution in [3.05, 3.63) is 71.3 Å². The normalized spacial score (nSPS) is 12.3. The van der Waals surface area contributed by atoms with Gasteiger partial charge in [0, 0.05) is 24.5 Å². The smallest absolute Gasteiger partial charge is 0.257 e. The summed E-state index contributed by atoms with van der Waals surface area (Å²) in [6.45, 7) is 8.92. The van der Waals surface area contributed by atoms with Crippen molar-refractivity contribution in [3.8, 4) is 11.3 Å². The minimum Gasteiger partial charge on any atom is -0.345 e. The number of aromatic nitrogens is 5. The van der Waals surface area contributed by atoms with E-state index in [-0.39, 0.29) is 11.9 Å². The zero-order chi connectivity index (χ0) is 21.3. The number of hydrogen-bond donors (Lipinski definition) is 1. The van der Waals surface area contributed by atoms with Crippen LogP contribution in [0.3, 0.4) is 0 Å². The van der Waals surface area contributed by atoms with Crippen LogP contribution in [-0.2, 0) is 6.54 Å². The first-order chi connectivity index (χ1) is 14.5. The van der Waals surface area contributed by atoms with Gasteiger partial charge in [0.05, 0.1) is 23.6 Å². The summed E-state index contributed by atoms with van der Waals surface area (Å²) in [7, 11) is 0. The molecule has 0 saturated carbocycles. The van der Waals surface area contributed by atoms with Crippen molar-refractivity contribution in [2.24, 2.45) is 0 Å². The molecule has 154 valence electrons. The lowest BCUT2D eigenvalue weighted by atomic mass is 10.0. The van der Waals surface area contributed by atoms with Gasteiger partial charge >= 0.3 is 0 Å². The van der Waals surface area contributed by atoms with E-state index in [1.807, 2.05) is 30.8 Å². The molecule has 0 radical (unpaired) electrons. The molecule has 1 amide bonds. The van der Waals surface area contributed by atoms with Crippen LogP contribution in [-0.4, -0.2) is 30.3 Å².